The number of fused-ring (bicyclic) bond motifs is 1. The fraction of sp³-hybridized carbons (Fsp3) is 0.364. The third kappa shape index (κ3) is 3.56. The van der Waals surface area contributed by atoms with Crippen molar-refractivity contribution < 1.29 is 9.53 Å². The molecule has 1 aromatic heterocycles. The van der Waals surface area contributed by atoms with Crippen LogP contribution < -0.4 is 4.74 Å². The van der Waals surface area contributed by atoms with Gasteiger partial charge in [-0.15, -0.1) is 11.3 Å². The van der Waals surface area contributed by atoms with Crippen molar-refractivity contribution in [3.63, 3.8) is 0 Å². The van der Waals surface area contributed by atoms with Crippen LogP contribution in [0.1, 0.15) is 25.7 Å². The lowest BCUT2D eigenvalue weighted by Gasteiger charge is -2.32. The Kier molecular flexibility index (Phi) is 4.32. The van der Waals surface area contributed by atoms with E-state index in [1.54, 1.807) is 11.3 Å². The van der Waals surface area contributed by atoms with Gasteiger partial charge >= 0.3 is 0 Å². The standard InChI is InChI=1S/C22H22N2O2S/c25-22(16-1-2-16)24-11-9-19(10-12-24)26-18-6-3-15(4-7-18)17-5-8-21-20(13-17)23-14-27-21/h3-8,13-14,16,19H,1-2,9-12H2. The molecule has 138 valence electrons. The van der Waals surface area contributed by atoms with E-state index in [9.17, 15) is 4.79 Å². The van der Waals surface area contributed by atoms with E-state index < -0.39 is 0 Å². The third-order valence-corrected chi connectivity index (χ3v) is 6.31. The van der Waals surface area contributed by atoms with Gasteiger partial charge in [-0.05, 0) is 48.2 Å². The SMILES string of the molecule is O=C(C1CC1)N1CCC(Oc2ccc(-c3ccc4scnc4c3)cc2)CC1. The molecule has 1 aliphatic carbocycles. The van der Waals surface area contributed by atoms with E-state index in [4.69, 9.17) is 4.74 Å². The first-order valence-electron chi connectivity index (χ1n) is 9.65. The summed E-state index contributed by atoms with van der Waals surface area (Å²) in [6.07, 6.45) is 4.19. The molecule has 2 heterocycles. The van der Waals surface area contributed by atoms with Gasteiger partial charge in [-0.25, -0.2) is 4.98 Å². The number of piperidine rings is 1. The Morgan fingerprint density at radius 1 is 1.00 bits per heavy atom. The molecular weight excluding hydrogens is 356 g/mol. The first-order valence-corrected chi connectivity index (χ1v) is 10.5. The van der Waals surface area contributed by atoms with Gasteiger partial charge in [0.05, 0.1) is 15.7 Å². The molecule has 2 aromatic carbocycles. The molecule has 0 N–H and O–H groups in total. The van der Waals surface area contributed by atoms with Crippen LogP contribution >= 0.6 is 11.3 Å². The van der Waals surface area contributed by atoms with Gasteiger partial charge in [-0.1, -0.05) is 18.2 Å². The van der Waals surface area contributed by atoms with Gasteiger partial charge in [-0.2, -0.15) is 0 Å². The summed E-state index contributed by atoms with van der Waals surface area (Å²) in [7, 11) is 0. The number of rotatable bonds is 4. The highest BCUT2D eigenvalue weighted by Gasteiger charge is 2.35. The number of likely N-dealkylation sites (tertiary alicyclic amines) is 1. The number of aromatic nitrogens is 1. The van der Waals surface area contributed by atoms with E-state index in [2.05, 4.69) is 35.3 Å². The van der Waals surface area contributed by atoms with Crippen LogP contribution in [0.2, 0.25) is 0 Å². The van der Waals surface area contributed by atoms with Gasteiger partial charge in [0.1, 0.15) is 11.9 Å². The van der Waals surface area contributed by atoms with Gasteiger partial charge in [0.15, 0.2) is 0 Å². The van der Waals surface area contributed by atoms with E-state index in [1.807, 2.05) is 22.5 Å². The zero-order chi connectivity index (χ0) is 18.2. The fourth-order valence-corrected chi connectivity index (χ4v) is 4.40. The third-order valence-electron chi connectivity index (χ3n) is 5.50. The molecule has 1 amide bonds. The molecule has 0 radical (unpaired) electrons. The molecule has 4 nitrogen and oxygen atoms in total. The number of carbonyl (C=O) groups excluding carboxylic acids is 1. The molecule has 0 spiro atoms. The molecule has 0 unspecified atom stereocenters. The lowest BCUT2D eigenvalue weighted by Crippen LogP contribution is -2.42. The minimum absolute atomic E-state index is 0.199. The topological polar surface area (TPSA) is 42.4 Å². The first kappa shape index (κ1) is 16.8. The average Bonchev–Trinajstić information content (AvgIpc) is 3.46. The summed E-state index contributed by atoms with van der Waals surface area (Å²) in [6.45, 7) is 1.65. The number of hydrogen-bond donors (Lipinski definition) is 0. The second kappa shape index (κ2) is 6.97. The number of thiazole rings is 1. The van der Waals surface area contributed by atoms with Gasteiger partial charge < -0.3 is 9.64 Å². The van der Waals surface area contributed by atoms with E-state index in [-0.39, 0.29) is 6.10 Å². The van der Waals surface area contributed by atoms with E-state index in [1.165, 1.54) is 15.8 Å². The summed E-state index contributed by atoms with van der Waals surface area (Å²) in [4.78, 5) is 18.6. The number of nitrogens with zero attached hydrogens (tertiary/aromatic N) is 2. The van der Waals surface area contributed by atoms with Gasteiger partial charge in [0, 0.05) is 31.8 Å². The van der Waals surface area contributed by atoms with Crippen molar-refractivity contribution in [2.75, 3.05) is 13.1 Å². The summed E-state index contributed by atoms with van der Waals surface area (Å²) < 4.78 is 7.37. The van der Waals surface area contributed by atoms with E-state index in [0.29, 0.717) is 11.8 Å². The number of carbonyl (C=O) groups is 1. The van der Waals surface area contributed by atoms with E-state index in [0.717, 1.165) is 50.0 Å². The second-order valence-corrected chi connectivity index (χ2v) is 8.36. The van der Waals surface area contributed by atoms with Crippen molar-refractivity contribution >= 4 is 27.5 Å². The first-order chi connectivity index (χ1) is 13.3. The monoisotopic (exact) mass is 378 g/mol. The predicted octanol–water partition coefficient (Wildman–Crippen LogP) is 4.74. The maximum atomic E-state index is 12.1. The van der Waals surface area contributed by atoms with Crippen LogP contribution in [0.25, 0.3) is 21.3 Å². The lowest BCUT2D eigenvalue weighted by atomic mass is 10.0. The van der Waals surface area contributed by atoms with Gasteiger partial charge in [-0.3, -0.25) is 4.79 Å². The Balaban J connectivity index is 1.21. The summed E-state index contributed by atoms with van der Waals surface area (Å²) in [5, 5.41) is 0. The molecule has 27 heavy (non-hydrogen) atoms. The zero-order valence-corrected chi connectivity index (χ0v) is 16.0. The molecule has 1 saturated heterocycles. The maximum absolute atomic E-state index is 12.1. The molecule has 0 atom stereocenters. The highest BCUT2D eigenvalue weighted by Crippen LogP contribution is 2.32. The summed E-state index contributed by atoms with van der Waals surface area (Å²) in [6, 6.07) is 14.7. The molecule has 0 bridgehead atoms. The number of ether oxygens (including phenoxy) is 1. The Hall–Kier alpha value is -2.40. The number of amides is 1. The Morgan fingerprint density at radius 3 is 2.48 bits per heavy atom. The van der Waals surface area contributed by atoms with Crippen LogP contribution in [0.15, 0.2) is 48.0 Å². The van der Waals surface area contributed by atoms with Gasteiger partial charge in [0.2, 0.25) is 5.91 Å². The van der Waals surface area contributed by atoms with Crippen molar-refractivity contribution in [3.05, 3.63) is 48.0 Å². The highest BCUT2D eigenvalue weighted by molar-refractivity contribution is 7.16. The minimum atomic E-state index is 0.199. The Bertz CT molecular complexity index is 954. The van der Waals surface area contributed by atoms with Crippen LogP contribution in [0, 0.1) is 5.92 Å². The van der Waals surface area contributed by atoms with Crippen molar-refractivity contribution in [1.29, 1.82) is 0 Å². The van der Waals surface area contributed by atoms with Crippen molar-refractivity contribution in [2.45, 2.75) is 31.8 Å². The second-order valence-electron chi connectivity index (χ2n) is 7.48. The average molecular weight is 378 g/mol. The van der Waals surface area contributed by atoms with Crippen LogP contribution in [0.5, 0.6) is 5.75 Å². The fourth-order valence-electron chi connectivity index (χ4n) is 3.74. The van der Waals surface area contributed by atoms with E-state index >= 15 is 0 Å². The van der Waals surface area contributed by atoms with Crippen LogP contribution in [0.4, 0.5) is 0 Å². The van der Waals surface area contributed by atoms with Crippen LogP contribution in [0.3, 0.4) is 0 Å². The molecular formula is C22H22N2O2S. The summed E-state index contributed by atoms with van der Waals surface area (Å²) >= 11 is 1.66. The number of hydrogen-bond acceptors (Lipinski definition) is 4. The highest BCUT2D eigenvalue weighted by atomic mass is 32.1. The predicted molar refractivity (Wildman–Crippen MR) is 108 cm³/mol. The van der Waals surface area contributed by atoms with Crippen LogP contribution in [-0.2, 0) is 4.79 Å². The largest absolute Gasteiger partial charge is 0.490 e. The number of benzene rings is 2. The Labute approximate surface area is 162 Å². The molecule has 1 aliphatic heterocycles. The Morgan fingerprint density at radius 2 is 1.74 bits per heavy atom. The zero-order valence-electron chi connectivity index (χ0n) is 15.1. The van der Waals surface area contributed by atoms with Gasteiger partial charge in [0.25, 0.3) is 0 Å². The quantitative estimate of drug-likeness (QED) is 0.658. The molecule has 3 aromatic rings. The van der Waals surface area contributed by atoms with Crippen molar-refractivity contribution in [1.82, 2.24) is 9.88 Å². The summed E-state index contributed by atoms with van der Waals surface area (Å²) in [5.74, 6) is 1.58. The molecule has 5 rings (SSSR count). The summed E-state index contributed by atoms with van der Waals surface area (Å²) in [5.41, 5.74) is 5.27. The molecule has 1 saturated carbocycles. The maximum Gasteiger partial charge on any atom is 0.225 e. The minimum Gasteiger partial charge on any atom is -0.490 e. The van der Waals surface area contributed by atoms with Crippen molar-refractivity contribution in [2.24, 2.45) is 5.92 Å². The molecule has 2 aliphatic rings. The smallest absolute Gasteiger partial charge is 0.225 e. The van der Waals surface area contributed by atoms with Crippen molar-refractivity contribution in [3.8, 4) is 16.9 Å². The van der Waals surface area contributed by atoms with Crippen LogP contribution in [-0.4, -0.2) is 35.0 Å². The molecule has 2 fully saturated rings. The normalized spacial score (nSPS) is 18.0. The molecule has 5 heteroatoms. The lowest BCUT2D eigenvalue weighted by molar-refractivity contribution is -0.134.